The zero-order valence-electron chi connectivity index (χ0n) is 26.7. The highest BCUT2D eigenvalue weighted by atomic mass is 35.5. The molecule has 0 spiro atoms. The van der Waals surface area contributed by atoms with Crippen LogP contribution in [0.5, 0.6) is 11.5 Å². The van der Waals surface area contributed by atoms with E-state index in [-0.39, 0.29) is 54.8 Å². The molecular weight excluding hydrogens is 581 g/mol. The molecule has 6 atom stereocenters. The zero-order chi connectivity index (χ0) is 29.7. The number of nitrogens with zero attached hydrogens (tertiary/aromatic N) is 1. The molecule has 1 aliphatic heterocycles. The van der Waals surface area contributed by atoms with E-state index in [0.717, 1.165) is 43.8 Å². The smallest absolute Gasteiger partial charge is 0.222 e. The van der Waals surface area contributed by atoms with E-state index in [2.05, 4.69) is 44.0 Å². The van der Waals surface area contributed by atoms with Gasteiger partial charge in [0.05, 0.1) is 32.0 Å². The van der Waals surface area contributed by atoms with Gasteiger partial charge in [0.25, 0.3) is 0 Å². The molecule has 1 aliphatic rings. The van der Waals surface area contributed by atoms with Gasteiger partial charge in [-0.05, 0) is 62.6 Å². The molecule has 1 aromatic rings. The number of nitrogens with one attached hydrogen (secondary N) is 1. The Morgan fingerprint density at radius 3 is 2.36 bits per heavy atom. The van der Waals surface area contributed by atoms with Gasteiger partial charge in [0, 0.05) is 58.3 Å². The maximum absolute atomic E-state index is 12.7. The molecule has 9 nitrogen and oxygen atoms in total. The summed E-state index contributed by atoms with van der Waals surface area (Å²) in [6.07, 6.45) is 2.27. The largest absolute Gasteiger partial charge is 0.493 e. The number of aliphatic hydroxyl groups is 1. The number of methoxy groups -OCH3 is 2. The molecule has 4 N–H and O–H groups in total. The van der Waals surface area contributed by atoms with Crippen molar-refractivity contribution >= 4 is 30.7 Å². The summed E-state index contributed by atoms with van der Waals surface area (Å²) < 4.78 is 22.3. The molecule has 0 bridgehead atoms. The Balaban J connectivity index is 0.00000840. The average molecular weight is 639 g/mol. The first-order valence-electron chi connectivity index (χ1n) is 14.9. The van der Waals surface area contributed by atoms with Crippen LogP contribution in [0.2, 0.25) is 0 Å². The third-order valence-electron chi connectivity index (χ3n) is 7.75. The maximum atomic E-state index is 12.7. The minimum absolute atomic E-state index is 0. The minimum atomic E-state index is -0.751. The van der Waals surface area contributed by atoms with E-state index in [1.54, 1.807) is 14.2 Å². The number of halogens is 2. The average Bonchev–Trinajstić information content (AvgIpc) is 2.90. The summed E-state index contributed by atoms with van der Waals surface area (Å²) in [5.74, 6) is 1.70. The highest BCUT2D eigenvalue weighted by molar-refractivity contribution is 5.85. The molecule has 0 aromatic heterocycles. The molecule has 1 heterocycles. The number of rotatable bonds is 18. The first-order valence-corrected chi connectivity index (χ1v) is 14.9. The third kappa shape index (κ3) is 14.4. The van der Waals surface area contributed by atoms with Crippen LogP contribution in [-0.2, 0) is 20.7 Å². The molecule has 0 saturated carbocycles. The Morgan fingerprint density at radius 2 is 1.76 bits per heavy atom. The predicted octanol–water partition coefficient (Wildman–Crippen LogP) is 4.10. The fourth-order valence-electron chi connectivity index (χ4n) is 5.37. The number of morpholine rings is 1. The van der Waals surface area contributed by atoms with E-state index in [4.69, 9.17) is 24.7 Å². The van der Waals surface area contributed by atoms with E-state index in [1.165, 1.54) is 0 Å². The van der Waals surface area contributed by atoms with Gasteiger partial charge >= 0.3 is 0 Å². The van der Waals surface area contributed by atoms with Crippen molar-refractivity contribution < 1.29 is 28.8 Å². The molecule has 246 valence electrons. The van der Waals surface area contributed by atoms with Crippen molar-refractivity contribution in [3.05, 3.63) is 23.8 Å². The van der Waals surface area contributed by atoms with Crippen molar-refractivity contribution in [1.82, 2.24) is 10.2 Å². The molecule has 1 aromatic carbocycles. The Labute approximate surface area is 266 Å². The first kappa shape index (κ1) is 40.7. The maximum Gasteiger partial charge on any atom is 0.222 e. The Hall–Kier alpha value is -1.33. The lowest BCUT2D eigenvalue weighted by atomic mass is 9.82. The van der Waals surface area contributed by atoms with Gasteiger partial charge in [0.2, 0.25) is 5.91 Å². The lowest BCUT2D eigenvalue weighted by Crippen LogP contribution is -2.48. The summed E-state index contributed by atoms with van der Waals surface area (Å²) in [6.45, 7) is 14.7. The van der Waals surface area contributed by atoms with Gasteiger partial charge < -0.3 is 35.1 Å². The fourth-order valence-corrected chi connectivity index (χ4v) is 5.37. The summed E-state index contributed by atoms with van der Waals surface area (Å²) in [5.41, 5.74) is 7.63. The van der Waals surface area contributed by atoms with Crippen LogP contribution in [0, 0.1) is 17.8 Å². The summed E-state index contributed by atoms with van der Waals surface area (Å²) >= 11 is 0. The van der Waals surface area contributed by atoms with Crippen LogP contribution in [0.3, 0.4) is 0 Å². The number of benzene rings is 1. The fraction of sp³-hybridized carbons (Fsp3) is 0.774. The van der Waals surface area contributed by atoms with E-state index in [0.29, 0.717) is 44.3 Å². The second kappa shape index (κ2) is 21.4. The Morgan fingerprint density at radius 1 is 1.10 bits per heavy atom. The molecule has 1 saturated heterocycles. The van der Waals surface area contributed by atoms with Gasteiger partial charge in [0.1, 0.15) is 0 Å². The normalized spacial score (nSPS) is 20.0. The van der Waals surface area contributed by atoms with E-state index < -0.39 is 12.1 Å². The molecule has 0 unspecified atom stereocenters. The Kier molecular flexibility index (Phi) is 20.7. The zero-order valence-corrected chi connectivity index (χ0v) is 28.3. The molecular formula is C31H57Cl2N3O6. The molecule has 2 rings (SSSR count). The van der Waals surface area contributed by atoms with Gasteiger partial charge in [-0.25, -0.2) is 0 Å². The van der Waals surface area contributed by atoms with Crippen LogP contribution < -0.4 is 20.5 Å². The highest BCUT2D eigenvalue weighted by Crippen LogP contribution is 2.31. The van der Waals surface area contributed by atoms with Crippen molar-refractivity contribution in [3.8, 4) is 11.5 Å². The van der Waals surface area contributed by atoms with Crippen molar-refractivity contribution in [3.63, 3.8) is 0 Å². The SMILES string of the molecule is COCCCOc1cc(C[C@@H](C[C@H](N)[C@@H](O)C[C@@H](C)C(=O)NCCN2C[C@@H](C)O[C@@H](C)C2)C(C)C)ccc1OC.Cl.Cl. The number of ether oxygens (including phenoxy) is 4. The number of carbonyl (C=O) groups excluding carboxylic acids is 1. The number of aliphatic hydroxyl groups excluding tert-OH is 1. The molecule has 1 amide bonds. The lowest BCUT2D eigenvalue weighted by Gasteiger charge is -2.35. The standard InChI is InChI=1S/C31H55N3O6.2ClH/c1-21(2)26(16-25-9-10-29(38-7)30(17-25)39-14-8-13-37-6)18-27(32)28(35)15-22(3)31(36)33-11-12-34-19-23(4)40-24(5)20-34;;/h9-10,17,21-24,26-28,35H,8,11-16,18-20,32H2,1-7H3,(H,33,36);2*1H/t22-,23-,24+,26+,27+,28+;;/m1../s1. The number of carbonyl (C=O) groups is 1. The lowest BCUT2D eigenvalue weighted by molar-refractivity contribution is -0.125. The minimum Gasteiger partial charge on any atom is -0.493 e. The van der Waals surface area contributed by atoms with Crippen LogP contribution in [0.1, 0.15) is 59.4 Å². The predicted molar refractivity (Wildman–Crippen MR) is 173 cm³/mol. The molecule has 1 fully saturated rings. The topological polar surface area (TPSA) is 116 Å². The third-order valence-corrected chi connectivity index (χ3v) is 7.75. The van der Waals surface area contributed by atoms with Crippen LogP contribution in [0.15, 0.2) is 18.2 Å². The van der Waals surface area contributed by atoms with E-state index in [9.17, 15) is 9.90 Å². The number of hydrogen-bond donors (Lipinski definition) is 3. The Bertz CT molecular complexity index is 871. The second-order valence-electron chi connectivity index (χ2n) is 11.8. The molecule has 42 heavy (non-hydrogen) atoms. The van der Waals surface area contributed by atoms with E-state index >= 15 is 0 Å². The molecule has 0 radical (unpaired) electrons. The van der Waals surface area contributed by atoms with Gasteiger partial charge in [-0.3, -0.25) is 9.69 Å². The summed E-state index contributed by atoms with van der Waals surface area (Å²) in [6, 6.07) is 5.62. The van der Waals surface area contributed by atoms with Crippen LogP contribution in [-0.4, -0.2) is 93.9 Å². The van der Waals surface area contributed by atoms with E-state index in [1.807, 2.05) is 19.1 Å². The van der Waals surface area contributed by atoms with Gasteiger partial charge in [-0.15, -0.1) is 24.8 Å². The first-order chi connectivity index (χ1) is 19.0. The second-order valence-corrected chi connectivity index (χ2v) is 11.8. The van der Waals surface area contributed by atoms with Crippen LogP contribution in [0.4, 0.5) is 0 Å². The van der Waals surface area contributed by atoms with Crippen molar-refractivity contribution in [2.24, 2.45) is 23.5 Å². The van der Waals surface area contributed by atoms with Gasteiger partial charge in [-0.2, -0.15) is 0 Å². The van der Waals surface area contributed by atoms with Crippen LogP contribution in [0.25, 0.3) is 0 Å². The van der Waals surface area contributed by atoms with Crippen molar-refractivity contribution in [1.29, 1.82) is 0 Å². The highest BCUT2D eigenvalue weighted by Gasteiger charge is 2.27. The summed E-state index contributed by atoms with van der Waals surface area (Å²) in [4.78, 5) is 15.0. The molecule has 0 aliphatic carbocycles. The number of amides is 1. The number of nitrogens with two attached hydrogens (primary N) is 1. The number of hydrogen-bond acceptors (Lipinski definition) is 8. The summed E-state index contributed by atoms with van der Waals surface area (Å²) in [5, 5.41) is 13.9. The quantitative estimate of drug-likeness (QED) is 0.206. The van der Waals surface area contributed by atoms with Gasteiger partial charge in [0.15, 0.2) is 11.5 Å². The van der Waals surface area contributed by atoms with Crippen molar-refractivity contribution in [2.75, 3.05) is 53.6 Å². The summed E-state index contributed by atoms with van der Waals surface area (Å²) in [7, 11) is 3.32. The van der Waals surface area contributed by atoms with Crippen molar-refractivity contribution in [2.45, 2.75) is 84.7 Å². The van der Waals surface area contributed by atoms with Crippen LogP contribution >= 0.6 is 24.8 Å². The monoisotopic (exact) mass is 637 g/mol. The molecule has 11 heteroatoms. The van der Waals surface area contributed by atoms with Gasteiger partial charge in [-0.1, -0.05) is 26.8 Å².